The van der Waals surface area contributed by atoms with Crippen LogP contribution in [0.25, 0.3) is 0 Å². The third-order valence-corrected chi connectivity index (χ3v) is 3.24. The topological polar surface area (TPSA) is 55.1 Å². The first-order valence-electron chi connectivity index (χ1n) is 5.38. The Morgan fingerprint density at radius 2 is 2.33 bits per heavy atom. The van der Waals surface area contributed by atoms with Gasteiger partial charge in [-0.1, -0.05) is 6.92 Å². The van der Waals surface area contributed by atoms with E-state index in [0.717, 1.165) is 12.8 Å². The number of aliphatic hydroxyl groups is 1. The van der Waals surface area contributed by atoms with Gasteiger partial charge in [-0.05, 0) is 25.2 Å². The zero-order chi connectivity index (χ0) is 10.8. The Bertz CT molecular complexity index is 388. The van der Waals surface area contributed by atoms with Crippen molar-refractivity contribution < 1.29 is 5.11 Å². The van der Waals surface area contributed by atoms with Crippen molar-refractivity contribution in [1.82, 2.24) is 9.55 Å². The molecule has 1 saturated carbocycles. The Labute approximate surface area is 88.6 Å². The normalized spacial score (nSPS) is 31.5. The SMILES string of the molecule is CC1CCC(O)CC1n1ccncc1=O. The number of aliphatic hydroxyl groups excluding tert-OH is 1. The zero-order valence-electron chi connectivity index (χ0n) is 8.84. The highest BCUT2D eigenvalue weighted by molar-refractivity contribution is 4.89. The van der Waals surface area contributed by atoms with Crippen molar-refractivity contribution in [2.75, 3.05) is 0 Å². The number of rotatable bonds is 1. The van der Waals surface area contributed by atoms with Crippen molar-refractivity contribution in [2.45, 2.75) is 38.3 Å². The lowest BCUT2D eigenvalue weighted by Gasteiger charge is -2.33. The molecule has 1 N–H and O–H groups in total. The van der Waals surface area contributed by atoms with E-state index in [1.165, 1.54) is 6.20 Å². The number of aromatic nitrogens is 2. The summed E-state index contributed by atoms with van der Waals surface area (Å²) in [5.74, 6) is 0.438. The minimum absolute atomic E-state index is 0.0801. The van der Waals surface area contributed by atoms with Gasteiger partial charge in [0.1, 0.15) is 0 Å². The van der Waals surface area contributed by atoms with Crippen LogP contribution in [0, 0.1) is 5.92 Å². The highest BCUT2D eigenvalue weighted by atomic mass is 16.3. The first kappa shape index (κ1) is 10.4. The van der Waals surface area contributed by atoms with E-state index in [1.807, 2.05) is 0 Å². The lowest BCUT2D eigenvalue weighted by molar-refractivity contribution is 0.0766. The summed E-state index contributed by atoms with van der Waals surface area (Å²) in [5.41, 5.74) is -0.0801. The van der Waals surface area contributed by atoms with Gasteiger partial charge in [-0.15, -0.1) is 0 Å². The third kappa shape index (κ3) is 2.09. The smallest absolute Gasteiger partial charge is 0.269 e. The summed E-state index contributed by atoms with van der Waals surface area (Å²) in [4.78, 5) is 15.4. The standard InChI is InChI=1S/C11H16N2O2/c1-8-2-3-9(14)6-10(8)13-5-4-12-7-11(13)15/h4-5,7-10,14H,2-3,6H2,1H3. The maximum absolute atomic E-state index is 11.6. The molecule has 4 heteroatoms. The summed E-state index contributed by atoms with van der Waals surface area (Å²) in [6, 6.07) is 0.115. The first-order valence-corrected chi connectivity index (χ1v) is 5.38. The van der Waals surface area contributed by atoms with Crippen LogP contribution in [0.3, 0.4) is 0 Å². The molecule has 0 aliphatic heterocycles. The van der Waals surface area contributed by atoms with Gasteiger partial charge >= 0.3 is 0 Å². The Kier molecular flexibility index (Phi) is 2.86. The fourth-order valence-electron chi connectivity index (χ4n) is 2.30. The first-order chi connectivity index (χ1) is 7.18. The molecule has 3 unspecified atom stereocenters. The van der Waals surface area contributed by atoms with Crippen LogP contribution in [0.5, 0.6) is 0 Å². The molecular weight excluding hydrogens is 192 g/mol. The second-order valence-corrected chi connectivity index (χ2v) is 4.33. The molecule has 0 aromatic carbocycles. The van der Waals surface area contributed by atoms with Gasteiger partial charge in [0.05, 0.1) is 12.3 Å². The van der Waals surface area contributed by atoms with Crippen LogP contribution in [0.15, 0.2) is 23.4 Å². The van der Waals surface area contributed by atoms with Gasteiger partial charge < -0.3 is 9.67 Å². The highest BCUT2D eigenvalue weighted by Gasteiger charge is 2.28. The zero-order valence-corrected chi connectivity index (χ0v) is 8.84. The van der Waals surface area contributed by atoms with E-state index in [-0.39, 0.29) is 17.7 Å². The van der Waals surface area contributed by atoms with Crippen LogP contribution in [0.4, 0.5) is 0 Å². The van der Waals surface area contributed by atoms with Crippen molar-refractivity contribution in [3.63, 3.8) is 0 Å². The van der Waals surface area contributed by atoms with Gasteiger partial charge in [0.2, 0.25) is 0 Å². The van der Waals surface area contributed by atoms with Crippen molar-refractivity contribution in [3.05, 3.63) is 28.9 Å². The van der Waals surface area contributed by atoms with Crippen LogP contribution in [-0.2, 0) is 0 Å². The van der Waals surface area contributed by atoms with Crippen LogP contribution in [-0.4, -0.2) is 20.8 Å². The quantitative estimate of drug-likeness (QED) is 0.748. The molecular formula is C11H16N2O2. The van der Waals surface area contributed by atoms with Crippen LogP contribution >= 0.6 is 0 Å². The number of nitrogens with zero attached hydrogens (tertiary/aromatic N) is 2. The van der Waals surface area contributed by atoms with Gasteiger partial charge in [0.15, 0.2) is 0 Å². The Morgan fingerprint density at radius 1 is 1.53 bits per heavy atom. The number of hydrogen-bond donors (Lipinski definition) is 1. The minimum Gasteiger partial charge on any atom is -0.393 e. The third-order valence-electron chi connectivity index (χ3n) is 3.24. The average Bonchev–Trinajstić information content (AvgIpc) is 2.23. The molecule has 0 bridgehead atoms. The lowest BCUT2D eigenvalue weighted by atomic mass is 9.84. The number of hydrogen-bond acceptors (Lipinski definition) is 3. The van der Waals surface area contributed by atoms with Crippen molar-refractivity contribution in [2.24, 2.45) is 5.92 Å². The summed E-state index contributed by atoms with van der Waals surface area (Å²) < 4.78 is 1.69. The molecule has 1 heterocycles. The fraction of sp³-hybridized carbons (Fsp3) is 0.636. The molecule has 4 nitrogen and oxygen atoms in total. The van der Waals surface area contributed by atoms with E-state index >= 15 is 0 Å². The summed E-state index contributed by atoms with van der Waals surface area (Å²) in [5, 5.41) is 9.62. The largest absolute Gasteiger partial charge is 0.393 e. The Morgan fingerprint density at radius 3 is 3.07 bits per heavy atom. The fourth-order valence-corrected chi connectivity index (χ4v) is 2.30. The molecule has 1 aliphatic carbocycles. The molecule has 1 aromatic heterocycles. The predicted molar refractivity (Wildman–Crippen MR) is 56.6 cm³/mol. The molecule has 3 atom stereocenters. The van der Waals surface area contributed by atoms with E-state index in [9.17, 15) is 9.90 Å². The molecule has 1 aliphatic rings. The second-order valence-electron chi connectivity index (χ2n) is 4.33. The van der Waals surface area contributed by atoms with Crippen molar-refractivity contribution >= 4 is 0 Å². The molecule has 15 heavy (non-hydrogen) atoms. The van der Waals surface area contributed by atoms with Crippen LogP contribution < -0.4 is 5.56 Å². The summed E-state index contributed by atoms with van der Waals surface area (Å²) >= 11 is 0. The van der Waals surface area contributed by atoms with Crippen LogP contribution in [0.1, 0.15) is 32.2 Å². The molecule has 0 amide bonds. The van der Waals surface area contributed by atoms with Crippen LogP contribution in [0.2, 0.25) is 0 Å². The van der Waals surface area contributed by atoms with Gasteiger partial charge in [0, 0.05) is 18.4 Å². The Balaban J connectivity index is 2.29. The summed E-state index contributed by atoms with van der Waals surface area (Å²) in [6.45, 7) is 2.13. The molecule has 2 rings (SSSR count). The van der Waals surface area contributed by atoms with E-state index in [2.05, 4.69) is 11.9 Å². The predicted octanol–water partition coefficient (Wildman–Crippen LogP) is 0.965. The summed E-state index contributed by atoms with van der Waals surface area (Å²) in [6.07, 6.45) is 6.87. The molecule has 1 fully saturated rings. The molecule has 0 radical (unpaired) electrons. The maximum Gasteiger partial charge on any atom is 0.269 e. The van der Waals surface area contributed by atoms with E-state index in [1.54, 1.807) is 17.0 Å². The van der Waals surface area contributed by atoms with Gasteiger partial charge in [-0.3, -0.25) is 9.78 Å². The van der Waals surface area contributed by atoms with E-state index in [4.69, 9.17) is 0 Å². The molecule has 1 aromatic rings. The molecule has 0 spiro atoms. The van der Waals surface area contributed by atoms with Crippen molar-refractivity contribution in [1.29, 1.82) is 0 Å². The van der Waals surface area contributed by atoms with E-state index < -0.39 is 0 Å². The lowest BCUT2D eigenvalue weighted by Crippen LogP contribution is -2.34. The van der Waals surface area contributed by atoms with E-state index in [0.29, 0.717) is 12.3 Å². The van der Waals surface area contributed by atoms with Gasteiger partial charge in [-0.25, -0.2) is 0 Å². The summed E-state index contributed by atoms with van der Waals surface area (Å²) in [7, 11) is 0. The average molecular weight is 208 g/mol. The second kappa shape index (κ2) is 4.14. The van der Waals surface area contributed by atoms with Gasteiger partial charge in [0.25, 0.3) is 5.56 Å². The maximum atomic E-state index is 11.6. The minimum atomic E-state index is -0.272. The van der Waals surface area contributed by atoms with Crippen molar-refractivity contribution in [3.8, 4) is 0 Å². The molecule has 0 saturated heterocycles. The Hall–Kier alpha value is -1.16. The molecule has 82 valence electrons. The highest BCUT2D eigenvalue weighted by Crippen LogP contribution is 2.32. The monoisotopic (exact) mass is 208 g/mol. The van der Waals surface area contributed by atoms with Gasteiger partial charge in [-0.2, -0.15) is 0 Å².